The van der Waals surface area contributed by atoms with Gasteiger partial charge in [0.1, 0.15) is 19.8 Å². The Bertz CT molecular complexity index is 1380. The van der Waals surface area contributed by atoms with E-state index in [-0.39, 0.29) is 32.0 Å². The third-order valence-corrected chi connectivity index (χ3v) is 15.6. The van der Waals surface area contributed by atoms with E-state index in [4.69, 9.17) is 18.5 Å². The van der Waals surface area contributed by atoms with Gasteiger partial charge in [-0.3, -0.25) is 14.2 Å². The monoisotopic (exact) mass is 1090 g/mol. The number of nitrogens with zero attached hydrogens (tertiary/aromatic N) is 1. The Labute approximate surface area is 471 Å². The number of phosphoric acid groups is 1. The molecule has 0 aliphatic heterocycles. The van der Waals surface area contributed by atoms with Gasteiger partial charge < -0.3 is 27.9 Å². The van der Waals surface area contributed by atoms with E-state index in [1.165, 1.54) is 244 Å². The zero-order chi connectivity index (χ0) is 55.6. The van der Waals surface area contributed by atoms with Crippen molar-refractivity contribution in [3.8, 4) is 0 Å². The molecule has 0 aromatic rings. The first-order valence-electron chi connectivity index (χ1n) is 32.7. The van der Waals surface area contributed by atoms with Crippen molar-refractivity contribution in [1.29, 1.82) is 0 Å². The molecular weight excluding hydrogens is 966 g/mol. The summed E-state index contributed by atoms with van der Waals surface area (Å²) < 4.78 is 34.3. The van der Waals surface area contributed by atoms with Gasteiger partial charge in [-0.2, -0.15) is 0 Å². The SMILES string of the molecule is CCCCCCC/C=C\C/C=C\CCCCCCCCCCCCCCCC(=O)OC(COC(=O)CCCCCCCCCCCCCCCCC/C=C\CCCCCCCCCC)COP(=O)([O-])OCC[N+](C)(C)C. The van der Waals surface area contributed by atoms with Crippen LogP contribution in [0.3, 0.4) is 0 Å². The van der Waals surface area contributed by atoms with E-state index in [2.05, 4.69) is 50.3 Å². The summed E-state index contributed by atoms with van der Waals surface area (Å²) in [6.07, 6.45) is 72.1. The van der Waals surface area contributed by atoms with Gasteiger partial charge in [0.25, 0.3) is 7.82 Å². The second-order valence-corrected chi connectivity index (χ2v) is 24.9. The lowest BCUT2D eigenvalue weighted by atomic mass is 10.0. The molecule has 0 rings (SSSR count). The number of phosphoric ester groups is 1. The third-order valence-electron chi connectivity index (χ3n) is 14.6. The fraction of sp³-hybridized carbons (Fsp3) is 0.879. The second-order valence-electron chi connectivity index (χ2n) is 23.5. The van der Waals surface area contributed by atoms with Crippen LogP contribution in [-0.2, 0) is 32.7 Å². The minimum atomic E-state index is -4.64. The Morgan fingerprint density at radius 3 is 1.05 bits per heavy atom. The van der Waals surface area contributed by atoms with Gasteiger partial charge in [0, 0.05) is 12.8 Å². The molecule has 0 N–H and O–H groups in total. The van der Waals surface area contributed by atoms with Crippen molar-refractivity contribution in [2.24, 2.45) is 0 Å². The smallest absolute Gasteiger partial charge is 0.306 e. The molecule has 0 spiro atoms. The normalized spacial score (nSPS) is 13.4. The number of esters is 2. The van der Waals surface area contributed by atoms with Crippen LogP contribution < -0.4 is 4.89 Å². The first-order valence-corrected chi connectivity index (χ1v) is 34.2. The summed E-state index contributed by atoms with van der Waals surface area (Å²) in [4.78, 5) is 38.0. The molecule has 0 fully saturated rings. The Morgan fingerprint density at radius 1 is 0.408 bits per heavy atom. The van der Waals surface area contributed by atoms with Crippen LogP contribution in [0.1, 0.15) is 322 Å². The highest BCUT2D eigenvalue weighted by Crippen LogP contribution is 2.38. The quantitative estimate of drug-likeness (QED) is 0.0195. The number of ether oxygens (including phenoxy) is 2. The van der Waals surface area contributed by atoms with Crippen molar-refractivity contribution >= 4 is 19.8 Å². The Kier molecular flexibility index (Phi) is 56.6. The fourth-order valence-electron chi connectivity index (χ4n) is 9.57. The first-order chi connectivity index (χ1) is 37.0. The van der Waals surface area contributed by atoms with E-state index in [9.17, 15) is 19.0 Å². The van der Waals surface area contributed by atoms with Gasteiger partial charge in [-0.25, -0.2) is 0 Å². The van der Waals surface area contributed by atoms with Gasteiger partial charge in [-0.05, 0) is 70.6 Å². The summed E-state index contributed by atoms with van der Waals surface area (Å²) in [6.45, 7) is 4.28. The molecule has 0 aromatic carbocycles. The van der Waals surface area contributed by atoms with Crippen molar-refractivity contribution in [1.82, 2.24) is 0 Å². The minimum absolute atomic E-state index is 0.0292. The van der Waals surface area contributed by atoms with Crippen molar-refractivity contribution < 1.29 is 42.1 Å². The lowest BCUT2D eigenvalue weighted by Gasteiger charge is -2.28. The Morgan fingerprint density at radius 2 is 0.711 bits per heavy atom. The van der Waals surface area contributed by atoms with Crippen LogP contribution >= 0.6 is 7.82 Å². The predicted molar refractivity (Wildman–Crippen MR) is 324 cm³/mol. The molecule has 0 saturated heterocycles. The Hall–Kier alpha value is -1.77. The number of unbranched alkanes of at least 4 members (excludes halogenated alkanes) is 41. The molecule has 0 aromatic heterocycles. The summed E-state index contributed by atoms with van der Waals surface area (Å²) in [5, 5.41) is 0. The summed E-state index contributed by atoms with van der Waals surface area (Å²) >= 11 is 0. The van der Waals surface area contributed by atoms with Crippen molar-refractivity contribution in [2.45, 2.75) is 328 Å². The molecule has 10 heteroatoms. The van der Waals surface area contributed by atoms with Gasteiger partial charge in [-0.15, -0.1) is 0 Å². The molecule has 2 unspecified atom stereocenters. The summed E-state index contributed by atoms with van der Waals surface area (Å²) in [5.74, 6) is -0.818. The van der Waals surface area contributed by atoms with E-state index in [1.807, 2.05) is 21.1 Å². The van der Waals surface area contributed by atoms with E-state index < -0.39 is 26.5 Å². The van der Waals surface area contributed by atoms with Gasteiger partial charge in [-0.1, -0.05) is 275 Å². The summed E-state index contributed by atoms with van der Waals surface area (Å²) in [5.41, 5.74) is 0. The molecule has 0 heterocycles. The molecule has 9 nitrogen and oxygen atoms in total. The van der Waals surface area contributed by atoms with Gasteiger partial charge in [0.05, 0.1) is 27.7 Å². The maximum absolute atomic E-state index is 12.8. The number of carbonyl (C=O) groups excluding carboxylic acids is 2. The van der Waals surface area contributed by atoms with Crippen LogP contribution in [0.4, 0.5) is 0 Å². The number of quaternary nitrogens is 1. The number of likely N-dealkylation sites (N-methyl/N-ethyl adjacent to an activating group) is 1. The first kappa shape index (κ1) is 74.2. The van der Waals surface area contributed by atoms with Crippen molar-refractivity contribution in [3.63, 3.8) is 0 Å². The summed E-state index contributed by atoms with van der Waals surface area (Å²) in [7, 11) is 1.18. The fourth-order valence-corrected chi connectivity index (χ4v) is 10.3. The molecule has 0 saturated carbocycles. The maximum atomic E-state index is 12.8. The highest BCUT2D eigenvalue weighted by atomic mass is 31.2. The average Bonchev–Trinajstić information content (AvgIpc) is 3.38. The lowest BCUT2D eigenvalue weighted by Crippen LogP contribution is -2.37. The molecule has 0 radical (unpaired) electrons. The average molecular weight is 1090 g/mol. The molecule has 76 heavy (non-hydrogen) atoms. The van der Waals surface area contributed by atoms with Crippen LogP contribution in [0.2, 0.25) is 0 Å². The molecular formula is C66H126NO8P. The zero-order valence-corrected chi connectivity index (χ0v) is 51.9. The molecule has 0 aliphatic rings. The van der Waals surface area contributed by atoms with Gasteiger partial charge in [0.15, 0.2) is 6.10 Å². The minimum Gasteiger partial charge on any atom is -0.756 e. The Balaban J connectivity index is 4.06. The molecule has 0 amide bonds. The number of hydrogen-bond acceptors (Lipinski definition) is 8. The maximum Gasteiger partial charge on any atom is 0.306 e. The standard InChI is InChI=1S/C66H126NO8P/c1-6-8-10-12-14-16-18-20-22-24-26-28-30-32-33-35-36-38-40-42-44-46-48-50-52-54-56-58-65(68)72-62-64(63-74-76(70,71)73-61-60-67(3,4)5)75-66(69)59-57-55-53-51-49-47-45-43-41-39-37-34-31-29-27-25-23-21-19-17-15-13-11-9-7-2/h19,21,24-27,64H,6-18,20,22-23,28-63H2,1-5H3/b21-19-,26-24-,27-25-. The lowest BCUT2D eigenvalue weighted by molar-refractivity contribution is -0.870. The van der Waals surface area contributed by atoms with Crippen molar-refractivity contribution in [3.05, 3.63) is 36.5 Å². The number of hydrogen-bond donors (Lipinski definition) is 0. The van der Waals surface area contributed by atoms with E-state index in [1.54, 1.807) is 0 Å². The largest absolute Gasteiger partial charge is 0.756 e. The highest BCUT2D eigenvalue weighted by Gasteiger charge is 2.22. The van der Waals surface area contributed by atoms with Crippen LogP contribution in [-0.4, -0.2) is 70.0 Å². The molecule has 0 bridgehead atoms. The molecule has 2 atom stereocenters. The van der Waals surface area contributed by atoms with Gasteiger partial charge >= 0.3 is 11.9 Å². The molecule has 0 aliphatic carbocycles. The predicted octanol–water partition coefficient (Wildman–Crippen LogP) is 20.1. The van der Waals surface area contributed by atoms with Crippen LogP contribution in [0.25, 0.3) is 0 Å². The van der Waals surface area contributed by atoms with Crippen molar-refractivity contribution in [2.75, 3.05) is 47.5 Å². The van der Waals surface area contributed by atoms with Crippen LogP contribution in [0.15, 0.2) is 36.5 Å². The zero-order valence-electron chi connectivity index (χ0n) is 51.0. The molecule has 448 valence electrons. The third kappa shape index (κ3) is 61.4. The number of rotatable bonds is 61. The second kappa shape index (κ2) is 57.9. The number of allylic oxidation sites excluding steroid dienone is 6. The number of carbonyl (C=O) groups is 2. The van der Waals surface area contributed by atoms with E-state index in [0.717, 1.165) is 44.9 Å². The topological polar surface area (TPSA) is 111 Å². The van der Waals surface area contributed by atoms with Crippen LogP contribution in [0, 0.1) is 0 Å². The van der Waals surface area contributed by atoms with E-state index in [0.29, 0.717) is 17.4 Å². The summed E-state index contributed by atoms with van der Waals surface area (Å²) in [6, 6.07) is 0. The van der Waals surface area contributed by atoms with Gasteiger partial charge in [0.2, 0.25) is 0 Å². The van der Waals surface area contributed by atoms with E-state index >= 15 is 0 Å². The highest BCUT2D eigenvalue weighted by molar-refractivity contribution is 7.45. The van der Waals surface area contributed by atoms with Crippen LogP contribution in [0.5, 0.6) is 0 Å².